The van der Waals surface area contributed by atoms with E-state index in [1.54, 1.807) is 0 Å². The maximum absolute atomic E-state index is 11.8. The van der Waals surface area contributed by atoms with Crippen molar-refractivity contribution in [2.24, 2.45) is 0 Å². The van der Waals surface area contributed by atoms with Gasteiger partial charge in [-0.2, -0.15) is 0 Å². The largest absolute Gasteiger partial charge is 0.293 e. The molecule has 15 heavy (non-hydrogen) atoms. The fourth-order valence-corrected chi connectivity index (χ4v) is 1.87. The molecule has 0 N–H and O–H groups in total. The van der Waals surface area contributed by atoms with E-state index >= 15 is 0 Å². The smallest absolute Gasteiger partial charge is 0.180 e. The van der Waals surface area contributed by atoms with Crippen molar-refractivity contribution in [1.82, 2.24) is 0 Å². The van der Waals surface area contributed by atoms with E-state index in [1.807, 2.05) is 32.0 Å². The first-order valence-electron chi connectivity index (χ1n) is 4.87. The minimum absolute atomic E-state index is 0.0413. The van der Waals surface area contributed by atoms with Gasteiger partial charge in [0, 0.05) is 11.4 Å². The number of hydrogen-bond acceptors (Lipinski definition) is 1. The van der Waals surface area contributed by atoms with Gasteiger partial charge in [0.15, 0.2) is 5.78 Å². The van der Waals surface area contributed by atoms with Gasteiger partial charge in [-0.3, -0.25) is 4.79 Å². The van der Waals surface area contributed by atoms with E-state index in [9.17, 15) is 4.79 Å². The third-order valence-electron chi connectivity index (χ3n) is 2.44. The van der Waals surface area contributed by atoms with Crippen molar-refractivity contribution in [2.45, 2.75) is 25.6 Å². The second kappa shape index (κ2) is 5.53. The quantitative estimate of drug-likeness (QED) is 0.583. The number of ketones is 1. The molecular formula is C12H14Cl2O. The molecule has 0 aliphatic rings. The standard InChI is InChI=1S/C12H14Cl2O/c1-8-3-4-10(7-9(8)2)12(15)11(14)5-6-13/h3-4,7,11H,5-6H2,1-2H3. The van der Waals surface area contributed by atoms with E-state index in [0.29, 0.717) is 17.9 Å². The Morgan fingerprint density at radius 2 is 2.00 bits per heavy atom. The summed E-state index contributed by atoms with van der Waals surface area (Å²) in [7, 11) is 0. The second-order valence-corrected chi connectivity index (χ2v) is 4.51. The summed E-state index contributed by atoms with van der Waals surface area (Å²) >= 11 is 11.5. The first-order valence-corrected chi connectivity index (χ1v) is 5.85. The molecule has 1 unspecified atom stereocenters. The fraction of sp³-hybridized carbons (Fsp3) is 0.417. The topological polar surface area (TPSA) is 17.1 Å². The van der Waals surface area contributed by atoms with E-state index in [0.717, 1.165) is 5.56 Å². The molecule has 0 heterocycles. The molecule has 0 radical (unpaired) electrons. The molecule has 0 amide bonds. The lowest BCUT2D eigenvalue weighted by Gasteiger charge is -2.08. The summed E-state index contributed by atoms with van der Waals surface area (Å²) in [6.07, 6.45) is 0.509. The molecule has 1 nitrogen and oxygen atoms in total. The molecule has 0 aliphatic carbocycles. The number of rotatable bonds is 4. The van der Waals surface area contributed by atoms with Crippen molar-refractivity contribution in [1.29, 1.82) is 0 Å². The lowest BCUT2D eigenvalue weighted by Crippen LogP contribution is -2.15. The van der Waals surface area contributed by atoms with Crippen molar-refractivity contribution >= 4 is 29.0 Å². The van der Waals surface area contributed by atoms with E-state index in [4.69, 9.17) is 23.2 Å². The summed E-state index contributed by atoms with van der Waals surface area (Å²) in [5, 5.41) is -0.510. The molecule has 0 bridgehead atoms. The van der Waals surface area contributed by atoms with E-state index in [2.05, 4.69) is 0 Å². The minimum Gasteiger partial charge on any atom is -0.293 e. The Kier molecular flexibility index (Phi) is 4.62. The number of hydrogen-bond donors (Lipinski definition) is 0. The summed E-state index contributed by atoms with van der Waals surface area (Å²) in [5.74, 6) is 0.366. The molecule has 0 aromatic heterocycles. The van der Waals surface area contributed by atoms with Gasteiger partial charge in [-0.05, 0) is 37.5 Å². The Morgan fingerprint density at radius 1 is 1.33 bits per heavy atom. The summed E-state index contributed by atoms with van der Waals surface area (Å²) in [4.78, 5) is 11.8. The summed E-state index contributed by atoms with van der Waals surface area (Å²) in [5.41, 5.74) is 2.95. The number of Topliss-reactive ketones (excluding diaryl/α,β-unsaturated/α-hetero) is 1. The SMILES string of the molecule is Cc1ccc(C(=O)C(Cl)CCCl)cc1C. The van der Waals surface area contributed by atoms with Gasteiger partial charge >= 0.3 is 0 Å². The molecule has 0 spiro atoms. The van der Waals surface area contributed by atoms with Crippen LogP contribution >= 0.6 is 23.2 Å². The summed E-state index contributed by atoms with van der Waals surface area (Å²) in [6.45, 7) is 4.00. The zero-order valence-corrected chi connectivity index (χ0v) is 10.4. The van der Waals surface area contributed by atoms with Gasteiger partial charge in [-0.1, -0.05) is 12.1 Å². The number of carbonyl (C=O) groups is 1. The normalized spacial score (nSPS) is 12.5. The highest BCUT2D eigenvalue weighted by molar-refractivity contribution is 6.34. The molecule has 1 aromatic rings. The molecule has 0 saturated carbocycles. The molecule has 0 saturated heterocycles. The number of alkyl halides is 2. The van der Waals surface area contributed by atoms with Crippen LogP contribution in [0.1, 0.15) is 27.9 Å². The lowest BCUT2D eigenvalue weighted by atomic mass is 10.0. The predicted octanol–water partition coefficient (Wildman–Crippen LogP) is 3.72. The van der Waals surface area contributed by atoms with Crippen LogP contribution in [-0.2, 0) is 0 Å². The maximum atomic E-state index is 11.8. The van der Waals surface area contributed by atoms with Gasteiger partial charge in [-0.15, -0.1) is 23.2 Å². The van der Waals surface area contributed by atoms with Gasteiger partial charge in [0.2, 0.25) is 0 Å². The van der Waals surface area contributed by atoms with Crippen molar-refractivity contribution in [2.75, 3.05) is 5.88 Å². The van der Waals surface area contributed by atoms with E-state index in [-0.39, 0.29) is 5.78 Å². The van der Waals surface area contributed by atoms with Crippen LogP contribution in [0.5, 0.6) is 0 Å². The minimum atomic E-state index is -0.510. The zero-order chi connectivity index (χ0) is 11.4. The molecule has 1 aromatic carbocycles. The Hall–Kier alpha value is -0.530. The van der Waals surface area contributed by atoms with Crippen molar-refractivity contribution in [3.8, 4) is 0 Å². The van der Waals surface area contributed by atoms with Crippen LogP contribution in [0.25, 0.3) is 0 Å². The second-order valence-electron chi connectivity index (χ2n) is 3.61. The average Bonchev–Trinajstić information content (AvgIpc) is 2.21. The zero-order valence-electron chi connectivity index (χ0n) is 8.89. The Morgan fingerprint density at radius 3 is 2.53 bits per heavy atom. The maximum Gasteiger partial charge on any atom is 0.180 e. The molecule has 3 heteroatoms. The Balaban J connectivity index is 2.87. The predicted molar refractivity (Wildman–Crippen MR) is 65.2 cm³/mol. The highest BCUT2D eigenvalue weighted by Crippen LogP contribution is 2.15. The molecule has 1 rings (SSSR count). The van der Waals surface area contributed by atoms with Gasteiger partial charge in [0.25, 0.3) is 0 Å². The Labute approximate surface area is 100 Å². The van der Waals surface area contributed by atoms with E-state index < -0.39 is 5.38 Å². The number of halogens is 2. The van der Waals surface area contributed by atoms with Crippen LogP contribution in [0.3, 0.4) is 0 Å². The van der Waals surface area contributed by atoms with Crippen LogP contribution in [0.4, 0.5) is 0 Å². The third kappa shape index (κ3) is 3.22. The van der Waals surface area contributed by atoms with E-state index in [1.165, 1.54) is 5.56 Å². The lowest BCUT2D eigenvalue weighted by molar-refractivity contribution is 0.0986. The average molecular weight is 245 g/mol. The molecule has 0 aliphatic heterocycles. The van der Waals surface area contributed by atoms with Gasteiger partial charge in [0.1, 0.15) is 0 Å². The van der Waals surface area contributed by atoms with Crippen LogP contribution in [0.15, 0.2) is 18.2 Å². The van der Waals surface area contributed by atoms with Crippen molar-refractivity contribution < 1.29 is 4.79 Å². The van der Waals surface area contributed by atoms with Gasteiger partial charge in [0.05, 0.1) is 5.38 Å². The molecular weight excluding hydrogens is 231 g/mol. The summed E-state index contributed by atoms with van der Waals surface area (Å²) in [6, 6.07) is 5.63. The van der Waals surface area contributed by atoms with Crippen LogP contribution in [0.2, 0.25) is 0 Å². The Bertz CT molecular complexity index is 361. The number of carbonyl (C=O) groups excluding carboxylic acids is 1. The first kappa shape index (κ1) is 12.5. The monoisotopic (exact) mass is 244 g/mol. The van der Waals surface area contributed by atoms with Crippen LogP contribution in [0, 0.1) is 13.8 Å². The highest BCUT2D eigenvalue weighted by Gasteiger charge is 2.16. The highest BCUT2D eigenvalue weighted by atomic mass is 35.5. The van der Waals surface area contributed by atoms with Crippen LogP contribution in [-0.4, -0.2) is 17.0 Å². The number of benzene rings is 1. The van der Waals surface area contributed by atoms with Crippen molar-refractivity contribution in [3.63, 3.8) is 0 Å². The fourth-order valence-electron chi connectivity index (χ4n) is 1.30. The molecule has 82 valence electrons. The third-order valence-corrected chi connectivity index (χ3v) is 3.07. The number of aryl methyl sites for hydroxylation is 2. The van der Waals surface area contributed by atoms with Gasteiger partial charge in [-0.25, -0.2) is 0 Å². The van der Waals surface area contributed by atoms with Crippen molar-refractivity contribution in [3.05, 3.63) is 34.9 Å². The first-order chi connectivity index (χ1) is 7.06. The summed E-state index contributed by atoms with van der Waals surface area (Å²) < 4.78 is 0. The molecule has 0 fully saturated rings. The van der Waals surface area contributed by atoms with Gasteiger partial charge < -0.3 is 0 Å². The molecule has 1 atom stereocenters. The van der Waals surface area contributed by atoms with Crippen LogP contribution < -0.4 is 0 Å².